The van der Waals surface area contributed by atoms with Gasteiger partial charge in [-0.15, -0.1) is 0 Å². The quantitative estimate of drug-likeness (QED) is 0.364. The van der Waals surface area contributed by atoms with E-state index < -0.39 is 5.97 Å². The molecule has 0 unspecified atom stereocenters. The van der Waals surface area contributed by atoms with Crippen LogP contribution in [0.5, 0.6) is 5.75 Å². The monoisotopic (exact) mass is 406 g/mol. The van der Waals surface area contributed by atoms with E-state index in [0.717, 1.165) is 28.8 Å². The molecule has 8 nitrogen and oxygen atoms in total. The summed E-state index contributed by atoms with van der Waals surface area (Å²) in [5.41, 5.74) is 2.77. The predicted molar refractivity (Wildman–Crippen MR) is 106 cm³/mol. The van der Waals surface area contributed by atoms with Gasteiger partial charge in [-0.05, 0) is 50.2 Å². The zero-order valence-electron chi connectivity index (χ0n) is 16.4. The SMILES string of the molecule is COc1cccc(Sc2ccnc(NOC(CN3CCCC3)(OC)OC)n2)c1. The first-order chi connectivity index (χ1) is 13.7. The Kier molecular flexibility index (Phi) is 7.46. The summed E-state index contributed by atoms with van der Waals surface area (Å²) < 4.78 is 16.3. The van der Waals surface area contributed by atoms with Crippen LogP contribution in [0.3, 0.4) is 0 Å². The number of nitrogens with one attached hydrogen (secondary N) is 1. The third-order valence-electron chi connectivity index (χ3n) is 4.43. The lowest BCUT2D eigenvalue weighted by Gasteiger charge is -2.32. The van der Waals surface area contributed by atoms with Gasteiger partial charge in [-0.25, -0.2) is 20.3 Å². The number of ether oxygens (including phenoxy) is 3. The van der Waals surface area contributed by atoms with Crippen molar-refractivity contribution in [3.63, 3.8) is 0 Å². The Labute approximate surface area is 169 Å². The smallest absolute Gasteiger partial charge is 0.317 e. The molecule has 0 saturated carbocycles. The van der Waals surface area contributed by atoms with Gasteiger partial charge in [0.2, 0.25) is 5.95 Å². The Balaban J connectivity index is 1.64. The molecule has 0 spiro atoms. The summed E-state index contributed by atoms with van der Waals surface area (Å²) in [5, 5.41) is 0.773. The second-order valence-electron chi connectivity index (χ2n) is 6.28. The van der Waals surface area contributed by atoms with Crippen molar-refractivity contribution in [2.24, 2.45) is 0 Å². The zero-order chi connectivity index (χ0) is 19.8. The van der Waals surface area contributed by atoms with Gasteiger partial charge in [0.15, 0.2) is 0 Å². The number of anilines is 1. The van der Waals surface area contributed by atoms with Crippen molar-refractivity contribution in [2.45, 2.75) is 28.7 Å². The van der Waals surface area contributed by atoms with Gasteiger partial charge < -0.3 is 14.2 Å². The third-order valence-corrected chi connectivity index (χ3v) is 5.36. The summed E-state index contributed by atoms with van der Waals surface area (Å²) in [6, 6.07) is 9.62. The maximum absolute atomic E-state index is 5.73. The predicted octanol–water partition coefficient (Wildman–Crippen LogP) is 3.02. The molecule has 1 fully saturated rings. The molecule has 0 aliphatic carbocycles. The standard InChI is InChI=1S/C19H26N4O4S/c1-24-15-7-6-8-16(13-15)28-17-9-10-20-18(21-17)22-27-19(25-2,26-3)14-23-11-4-5-12-23/h6-10,13H,4-5,11-12,14H2,1-3H3,(H,20,21,22). The third kappa shape index (κ3) is 5.55. The summed E-state index contributed by atoms with van der Waals surface area (Å²) in [5.74, 6) is -0.107. The van der Waals surface area contributed by atoms with Gasteiger partial charge in [0.25, 0.3) is 0 Å². The molecule has 0 amide bonds. The lowest BCUT2D eigenvalue weighted by molar-refractivity contribution is -0.356. The molecule has 3 rings (SSSR count). The number of hydrogen-bond donors (Lipinski definition) is 1. The molecule has 0 bridgehead atoms. The highest BCUT2D eigenvalue weighted by atomic mass is 32.2. The average molecular weight is 407 g/mol. The molecule has 1 aromatic carbocycles. The van der Waals surface area contributed by atoms with Crippen LogP contribution in [-0.4, -0.2) is 61.8 Å². The summed E-state index contributed by atoms with van der Waals surface area (Å²) >= 11 is 1.50. The second-order valence-corrected chi connectivity index (χ2v) is 7.37. The Bertz CT molecular complexity index is 754. The number of methoxy groups -OCH3 is 3. The van der Waals surface area contributed by atoms with E-state index in [1.54, 1.807) is 27.5 Å². The molecule has 0 atom stereocenters. The van der Waals surface area contributed by atoms with Crippen LogP contribution in [0.15, 0.2) is 46.5 Å². The minimum absolute atomic E-state index is 0.327. The molecule has 1 aliphatic heterocycles. The van der Waals surface area contributed by atoms with Crippen molar-refractivity contribution in [3.05, 3.63) is 36.5 Å². The minimum atomic E-state index is -1.23. The normalized spacial score (nSPS) is 15.0. The van der Waals surface area contributed by atoms with Crippen LogP contribution in [0.1, 0.15) is 12.8 Å². The van der Waals surface area contributed by atoms with E-state index in [4.69, 9.17) is 19.0 Å². The van der Waals surface area contributed by atoms with Crippen molar-refractivity contribution in [1.82, 2.24) is 14.9 Å². The molecular formula is C19H26N4O4S. The molecule has 0 radical (unpaired) electrons. The van der Waals surface area contributed by atoms with Gasteiger partial charge in [0.05, 0.1) is 13.7 Å². The van der Waals surface area contributed by atoms with Crippen LogP contribution in [-0.2, 0) is 14.3 Å². The first kappa shape index (κ1) is 20.8. The zero-order valence-corrected chi connectivity index (χ0v) is 17.2. The van der Waals surface area contributed by atoms with Crippen molar-refractivity contribution in [2.75, 3.05) is 46.4 Å². The van der Waals surface area contributed by atoms with Gasteiger partial charge >= 0.3 is 5.97 Å². The Morgan fingerprint density at radius 1 is 1.14 bits per heavy atom. The van der Waals surface area contributed by atoms with Gasteiger partial charge in [-0.2, -0.15) is 0 Å². The van der Waals surface area contributed by atoms with E-state index in [1.807, 2.05) is 30.3 Å². The summed E-state index contributed by atoms with van der Waals surface area (Å²) in [6.07, 6.45) is 4.01. The first-order valence-electron chi connectivity index (χ1n) is 9.08. The Morgan fingerprint density at radius 2 is 1.93 bits per heavy atom. The number of benzene rings is 1. The summed E-state index contributed by atoms with van der Waals surface area (Å²) in [4.78, 5) is 17.7. The number of likely N-dealkylation sites (tertiary alicyclic amines) is 1. The van der Waals surface area contributed by atoms with Crippen molar-refractivity contribution < 1.29 is 19.0 Å². The molecular weight excluding hydrogens is 380 g/mol. The van der Waals surface area contributed by atoms with Crippen LogP contribution in [0.25, 0.3) is 0 Å². The van der Waals surface area contributed by atoms with Crippen molar-refractivity contribution in [1.29, 1.82) is 0 Å². The summed E-state index contributed by atoms with van der Waals surface area (Å²) in [6.45, 7) is 2.49. The highest BCUT2D eigenvalue weighted by Gasteiger charge is 2.36. The fourth-order valence-electron chi connectivity index (χ4n) is 2.90. The van der Waals surface area contributed by atoms with E-state index in [1.165, 1.54) is 24.6 Å². The number of nitrogens with zero attached hydrogens (tertiary/aromatic N) is 3. The van der Waals surface area contributed by atoms with Crippen molar-refractivity contribution >= 4 is 17.7 Å². The van der Waals surface area contributed by atoms with Crippen molar-refractivity contribution in [3.8, 4) is 5.75 Å². The van der Waals surface area contributed by atoms with E-state index >= 15 is 0 Å². The fourth-order valence-corrected chi connectivity index (χ4v) is 3.72. The molecule has 1 N–H and O–H groups in total. The van der Waals surface area contributed by atoms with Gasteiger partial charge in [-0.1, -0.05) is 17.8 Å². The minimum Gasteiger partial charge on any atom is -0.497 e. The molecule has 9 heteroatoms. The summed E-state index contributed by atoms with van der Waals surface area (Å²) in [7, 11) is 4.75. The van der Waals surface area contributed by atoms with E-state index in [0.29, 0.717) is 12.5 Å². The topological polar surface area (TPSA) is 78.0 Å². The number of rotatable bonds is 10. The van der Waals surface area contributed by atoms with E-state index in [2.05, 4.69) is 20.3 Å². The van der Waals surface area contributed by atoms with Crippen LogP contribution in [0, 0.1) is 0 Å². The molecule has 1 aromatic heterocycles. The molecule has 152 valence electrons. The highest BCUT2D eigenvalue weighted by molar-refractivity contribution is 7.99. The van der Waals surface area contributed by atoms with Crippen LogP contribution < -0.4 is 10.2 Å². The molecule has 28 heavy (non-hydrogen) atoms. The van der Waals surface area contributed by atoms with Gasteiger partial charge in [-0.3, -0.25) is 4.90 Å². The van der Waals surface area contributed by atoms with Crippen LogP contribution in [0.4, 0.5) is 5.95 Å². The molecule has 2 aromatic rings. The lowest BCUT2D eigenvalue weighted by atomic mass is 10.3. The molecule has 2 heterocycles. The van der Waals surface area contributed by atoms with Crippen LogP contribution in [0.2, 0.25) is 0 Å². The number of hydrogen-bond acceptors (Lipinski definition) is 9. The molecule has 1 saturated heterocycles. The van der Waals surface area contributed by atoms with Gasteiger partial charge in [0, 0.05) is 25.3 Å². The maximum atomic E-state index is 5.73. The van der Waals surface area contributed by atoms with E-state index in [9.17, 15) is 0 Å². The maximum Gasteiger partial charge on any atom is 0.317 e. The highest BCUT2D eigenvalue weighted by Crippen LogP contribution is 2.29. The lowest BCUT2D eigenvalue weighted by Crippen LogP contribution is -2.48. The van der Waals surface area contributed by atoms with Gasteiger partial charge in [0.1, 0.15) is 10.8 Å². The Morgan fingerprint density at radius 3 is 2.64 bits per heavy atom. The second kappa shape index (κ2) is 10.0. The Hall–Kier alpha value is -1.91. The largest absolute Gasteiger partial charge is 0.497 e. The van der Waals surface area contributed by atoms with Crippen LogP contribution >= 0.6 is 11.8 Å². The molecule has 1 aliphatic rings. The number of aromatic nitrogens is 2. The fraction of sp³-hybridized carbons (Fsp3) is 0.474. The average Bonchev–Trinajstić information content (AvgIpc) is 3.24. The first-order valence-corrected chi connectivity index (χ1v) is 9.89. The van der Waals surface area contributed by atoms with E-state index in [-0.39, 0.29) is 0 Å².